The Hall–Kier alpha value is -3.59. The van der Waals surface area contributed by atoms with Gasteiger partial charge in [-0.15, -0.1) is 0 Å². The number of carbonyl (C=O) groups is 1. The number of benzene rings is 2. The molecular weight excluding hydrogens is 290 g/mol. The van der Waals surface area contributed by atoms with Gasteiger partial charge >= 0.3 is 6.03 Å². The molecule has 2 aromatic carbocycles. The van der Waals surface area contributed by atoms with E-state index in [2.05, 4.69) is 11.2 Å². The third kappa shape index (κ3) is 2.63. The zero-order valence-corrected chi connectivity index (χ0v) is 12.1. The Labute approximate surface area is 133 Å². The molecule has 6 heteroatoms. The third-order valence-corrected chi connectivity index (χ3v) is 3.31. The molecule has 3 aromatic rings. The lowest BCUT2D eigenvalue weighted by atomic mass is 10.2. The van der Waals surface area contributed by atoms with Crippen molar-refractivity contribution in [2.24, 2.45) is 5.73 Å². The second-order valence-corrected chi connectivity index (χ2v) is 4.75. The first-order valence-electron chi connectivity index (χ1n) is 6.90. The summed E-state index contributed by atoms with van der Waals surface area (Å²) < 4.78 is 1.52. The van der Waals surface area contributed by atoms with E-state index in [0.717, 1.165) is 5.69 Å². The van der Waals surface area contributed by atoms with Gasteiger partial charge in [-0.25, -0.2) is 14.4 Å². The summed E-state index contributed by atoms with van der Waals surface area (Å²) in [6.07, 6.45) is 1.42. The van der Waals surface area contributed by atoms with Crippen LogP contribution in [-0.2, 0) is 0 Å². The Balaban J connectivity index is 2.23. The van der Waals surface area contributed by atoms with E-state index >= 15 is 0 Å². The maximum Gasteiger partial charge on any atom is 0.325 e. The molecule has 0 aliphatic heterocycles. The Morgan fingerprint density at radius 2 is 1.70 bits per heavy atom. The molecule has 0 fully saturated rings. The van der Waals surface area contributed by atoms with Crippen LogP contribution in [0, 0.1) is 11.3 Å². The van der Waals surface area contributed by atoms with Crippen LogP contribution in [0.3, 0.4) is 0 Å². The lowest BCUT2D eigenvalue weighted by Gasteiger charge is -2.21. The summed E-state index contributed by atoms with van der Waals surface area (Å²) in [7, 11) is 0. The first-order chi connectivity index (χ1) is 11.2. The number of para-hydroxylation sites is 2. The molecule has 0 radical (unpaired) electrons. The molecule has 0 bridgehead atoms. The van der Waals surface area contributed by atoms with Crippen LogP contribution < -0.4 is 10.6 Å². The summed E-state index contributed by atoms with van der Waals surface area (Å²) in [6.45, 7) is 0. The third-order valence-electron chi connectivity index (χ3n) is 3.31. The van der Waals surface area contributed by atoms with Gasteiger partial charge in [0.25, 0.3) is 0 Å². The topological polar surface area (TPSA) is 87.9 Å². The average molecular weight is 303 g/mol. The van der Waals surface area contributed by atoms with Gasteiger partial charge in [0.05, 0.1) is 17.6 Å². The number of aromatic nitrogens is 2. The summed E-state index contributed by atoms with van der Waals surface area (Å²) in [5.41, 5.74) is 7.12. The smallest absolute Gasteiger partial charge is 0.325 e. The van der Waals surface area contributed by atoms with Crippen LogP contribution in [-0.4, -0.2) is 15.8 Å². The monoisotopic (exact) mass is 303 g/mol. The second kappa shape index (κ2) is 6.03. The predicted molar refractivity (Wildman–Crippen MR) is 86.4 cm³/mol. The van der Waals surface area contributed by atoms with Crippen LogP contribution in [0.1, 0.15) is 5.56 Å². The van der Waals surface area contributed by atoms with Gasteiger partial charge in [-0.05, 0) is 24.3 Å². The molecule has 0 atom stereocenters. The van der Waals surface area contributed by atoms with Crippen molar-refractivity contribution in [3.8, 4) is 11.8 Å². The standard InChI is InChI=1S/C17H13N5O/c18-11-13-12-20-22(15-9-5-2-6-10-15)16(13)21(17(19)23)14-7-3-1-4-8-14/h1-10,12H,(H2,19,23). The fourth-order valence-electron chi connectivity index (χ4n) is 2.33. The molecule has 1 aromatic heterocycles. The molecule has 1 heterocycles. The minimum absolute atomic E-state index is 0.261. The lowest BCUT2D eigenvalue weighted by molar-refractivity contribution is 0.256. The van der Waals surface area contributed by atoms with Gasteiger partial charge in [-0.2, -0.15) is 10.4 Å². The summed E-state index contributed by atoms with van der Waals surface area (Å²) in [4.78, 5) is 13.3. The van der Waals surface area contributed by atoms with Crippen molar-refractivity contribution in [1.82, 2.24) is 9.78 Å². The largest absolute Gasteiger partial charge is 0.351 e. The van der Waals surface area contributed by atoms with Gasteiger partial charge < -0.3 is 5.73 Å². The minimum atomic E-state index is -0.689. The van der Waals surface area contributed by atoms with Crippen molar-refractivity contribution in [1.29, 1.82) is 5.26 Å². The minimum Gasteiger partial charge on any atom is -0.351 e. The first kappa shape index (κ1) is 14.4. The normalized spacial score (nSPS) is 10.0. The highest BCUT2D eigenvalue weighted by Gasteiger charge is 2.24. The van der Waals surface area contributed by atoms with Gasteiger partial charge in [0.2, 0.25) is 0 Å². The number of nitrogens with zero attached hydrogens (tertiary/aromatic N) is 4. The molecule has 0 saturated heterocycles. The number of rotatable bonds is 3. The van der Waals surface area contributed by atoms with Crippen LogP contribution >= 0.6 is 0 Å². The highest BCUT2D eigenvalue weighted by molar-refractivity contribution is 5.99. The van der Waals surface area contributed by atoms with Crippen molar-refractivity contribution in [2.75, 3.05) is 4.90 Å². The summed E-state index contributed by atoms with van der Waals surface area (Å²) in [5.74, 6) is 0.317. The van der Waals surface area contributed by atoms with E-state index in [4.69, 9.17) is 5.73 Å². The lowest BCUT2D eigenvalue weighted by Crippen LogP contribution is -2.33. The Morgan fingerprint density at radius 1 is 1.09 bits per heavy atom. The number of primary amides is 1. The van der Waals surface area contributed by atoms with Crippen LogP contribution in [0.15, 0.2) is 66.9 Å². The number of amides is 2. The molecule has 2 N–H and O–H groups in total. The van der Waals surface area contributed by atoms with Gasteiger partial charge in [0.15, 0.2) is 5.82 Å². The van der Waals surface area contributed by atoms with E-state index in [9.17, 15) is 10.1 Å². The zero-order chi connectivity index (χ0) is 16.2. The number of hydrogen-bond donors (Lipinski definition) is 1. The number of nitriles is 1. The summed E-state index contributed by atoms with van der Waals surface area (Å²) >= 11 is 0. The van der Waals surface area contributed by atoms with Crippen molar-refractivity contribution < 1.29 is 4.79 Å². The Morgan fingerprint density at radius 3 is 2.26 bits per heavy atom. The number of anilines is 2. The van der Waals surface area contributed by atoms with Crippen LogP contribution in [0.5, 0.6) is 0 Å². The predicted octanol–water partition coefficient (Wildman–Crippen LogP) is 2.96. The van der Waals surface area contributed by atoms with E-state index in [1.54, 1.807) is 24.3 Å². The van der Waals surface area contributed by atoms with E-state index < -0.39 is 6.03 Å². The molecule has 6 nitrogen and oxygen atoms in total. The molecule has 0 spiro atoms. The maximum absolute atomic E-state index is 12.0. The van der Waals surface area contributed by atoms with Crippen molar-refractivity contribution in [2.45, 2.75) is 0 Å². The van der Waals surface area contributed by atoms with Gasteiger partial charge in [0, 0.05) is 0 Å². The molecule has 0 aliphatic carbocycles. The van der Waals surface area contributed by atoms with Gasteiger partial charge in [-0.3, -0.25) is 0 Å². The fraction of sp³-hybridized carbons (Fsp3) is 0. The van der Waals surface area contributed by atoms with Crippen molar-refractivity contribution >= 4 is 17.5 Å². The van der Waals surface area contributed by atoms with E-state index in [1.807, 2.05) is 36.4 Å². The number of nitrogens with two attached hydrogens (primary N) is 1. The van der Waals surface area contributed by atoms with Gasteiger partial charge in [-0.1, -0.05) is 36.4 Å². The van der Waals surface area contributed by atoms with Crippen molar-refractivity contribution in [3.05, 3.63) is 72.4 Å². The molecule has 3 rings (SSSR count). The first-order valence-corrected chi connectivity index (χ1v) is 6.90. The number of carbonyl (C=O) groups excluding carboxylic acids is 1. The highest BCUT2D eigenvalue weighted by Crippen LogP contribution is 2.30. The van der Waals surface area contributed by atoms with Gasteiger partial charge in [0.1, 0.15) is 11.6 Å². The number of hydrogen-bond acceptors (Lipinski definition) is 3. The molecule has 112 valence electrons. The highest BCUT2D eigenvalue weighted by atomic mass is 16.2. The molecule has 0 saturated carbocycles. The Kier molecular flexibility index (Phi) is 3.77. The molecular formula is C17H13N5O. The fourth-order valence-corrected chi connectivity index (χ4v) is 2.33. The van der Waals surface area contributed by atoms with Crippen LogP contribution in [0.4, 0.5) is 16.3 Å². The van der Waals surface area contributed by atoms with E-state index in [-0.39, 0.29) is 5.56 Å². The maximum atomic E-state index is 12.0. The van der Waals surface area contributed by atoms with E-state index in [0.29, 0.717) is 11.5 Å². The molecule has 2 amide bonds. The zero-order valence-electron chi connectivity index (χ0n) is 12.1. The van der Waals surface area contributed by atoms with Crippen LogP contribution in [0.2, 0.25) is 0 Å². The van der Waals surface area contributed by atoms with E-state index in [1.165, 1.54) is 15.8 Å². The quantitative estimate of drug-likeness (QED) is 0.806. The molecule has 0 unspecified atom stereocenters. The number of urea groups is 1. The molecule has 0 aliphatic rings. The van der Waals surface area contributed by atoms with Crippen molar-refractivity contribution in [3.63, 3.8) is 0 Å². The second-order valence-electron chi connectivity index (χ2n) is 4.75. The SMILES string of the molecule is N#Cc1cnn(-c2ccccc2)c1N(C(N)=O)c1ccccc1. The summed E-state index contributed by atoms with van der Waals surface area (Å²) in [5, 5.41) is 13.6. The Bertz CT molecular complexity index is 865. The molecule has 23 heavy (non-hydrogen) atoms. The average Bonchev–Trinajstić information content (AvgIpc) is 3.00. The summed E-state index contributed by atoms with van der Waals surface area (Å²) in [6, 6.07) is 19.5. The van der Waals surface area contributed by atoms with Crippen LogP contribution in [0.25, 0.3) is 5.69 Å².